The molecule has 0 aliphatic heterocycles. The zero-order chi connectivity index (χ0) is 20.1. The first-order valence-electron chi connectivity index (χ1n) is 11.6. The number of carboxylic acids is 1. The lowest BCUT2D eigenvalue weighted by Crippen LogP contribution is -2.55. The minimum absolute atomic E-state index is 0.259. The summed E-state index contributed by atoms with van der Waals surface area (Å²) in [6.07, 6.45) is 20.5. The summed E-state index contributed by atoms with van der Waals surface area (Å²) in [5, 5.41) is 19.4. The second kappa shape index (κ2) is 9.61. The number of hydrogen-bond donors (Lipinski definition) is 2. The molecule has 0 aromatic rings. The molecular weight excluding hydrogens is 348 g/mol. The maximum Gasteiger partial charge on any atom is 0.303 e. The van der Waals surface area contributed by atoms with Crippen LogP contribution in [0, 0.1) is 35.0 Å². The Kier molecular flexibility index (Phi) is 7.42. The van der Waals surface area contributed by atoms with E-state index >= 15 is 0 Å². The van der Waals surface area contributed by atoms with E-state index in [4.69, 9.17) is 5.11 Å². The molecule has 4 aliphatic carbocycles. The van der Waals surface area contributed by atoms with Crippen molar-refractivity contribution in [2.75, 3.05) is 0 Å². The Morgan fingerprint density at radius 1 is 1.14 bits per heavy atom. The van der Waals surface area contributed by atoms with E-state index in [2.05, 4.69) is 38.2 Å². The number of carboxylic acid groups (broad SMARTS) is 1. The highest BCUT2D eigenvalue weighted by atomic mass is 16.4. The molecule has 5 atom stereocenters. The number of aliphatic hydroxyl groups is 1. The van der Waals surface area contributed by atoms with E-state index in [0.29, 0.717) is 23.2 Å². The van der Waals surface area contributed by atoms with Gasteiger partial charge in [-0.05, 0) is 80.0 Å². The molecule has 0 aromatic heterocycles. The lowest BCUT2D eigenvalue weighted by atomic mass is 9.43. The molecule has 0 spiro atoms. The van der Waals surface area contributed by atoms with Crippen LogP contribution in [0.3, 0.4) is 0 Å². The summed E-state index contributed by atoms with van der Waals surface area (Å²) in [6.45, 7) is 4.87. The summed E-state index contributed by atoms with van der Waals surface area (Å²) in [5.74, 6) is 2.60. The van der Waals surface area contributed by atoms with Crippen LogP contribution in [-0.4, -0.2) is 22.3 Å². The van der Waals surface area contributed by atoms with Crippen LogP contribution in [0.1, 0.15) is 84.5 Å². The van der Waals surface area contributed by atoms with E-state index < -0.39 is 5.97 Å². The lowest BCUT2D eigenvalue weighted by molar-refractivity contribution is -0.137. The van der Waals surface area contributed by atoms with Gasteiger partial charge in [0.15, 0.2) is 0 Å². The zero-order valence-electron chi connectivity index (χ0n) is 17.9. The first-order chi connectivity index (χ1) is 13.4. The molecule has 2 N–H and O–H groups in total. The standard InChI is InChI=1S/C25H40O3/c1-25(2)20-16-19(14-15-23(26)18-10-6-5-7-11-18)21(22(25)17-20)12-8-3-4-9-13-24(27)28/h3,8,14-15,18-23,26H,4-7,9-13,16-17H2,1-2H3,(H,27,28)/b8-3-,15-14+/t19-,20?,21+,22?,23+/m0/s1. The predicted octanol–water partition coefficient (Wildman–Crippen LogP) is 5.98. The van der Waals surface area contributed by atoms with Crippen LogP contribution >= 0.6 is 0 Å². The lowest BCUT2D eigenvalue weighted by Gasteiger charge is -2.62. The minimum Gasteiger partial charge on any atom is -0.481 e. The molecule has 3 heteroatoms. The first-order valence-corrected chi connectivity index (χ1v) is 11.6. The number of hydrogen-bond acceptors (Lipinski definition) is 2. The number of allylic oxidation sites excluding steroid dienone is 3. The van der Waals surface area contributed by atoms with Crippen LogP contribution in [0.4, 0.5) is 0 Å². The average Bonchev–Trinajstić information content (AvgIpc) is 2.69. The van der Waals surface area contributed by atoms with E-state index in [1.807, 2.05) is 0 Å². The molecule has 4 saturated carbocycles. The molecule has 4 aliphatic rings. The fourth-order valence-electron chi connectivity index (χ4n) is 6.18. The molecule has 0 amide bonds. The Morgan fingerprint density at radius 2 is 1.89 bits per heavy atom. The minimum atomic E-state index is -0.704. The molecule has 28 heavy (non-hydrogen) atoms. The van der Waals surface area contributed by atoms with Crippen LogP contribution < -0.4 is 0 Å². The number of aliphatic hydroxyl groups excluding tert-OH is 1. The predicted molar refractivity (Wildman–Crippen MR) is 114 cm³/mol. The average molecular weight is 389 g/mol. The van der Waals surface area contributed by atoms with Crippen molar-refractivity contribution in [3.63, 3.8) is 0 Å². The summed E-state index contributed by atoms with van der Waals surface area (Å²) >= 11 is 0. The van der Waals surface area contributed by atoms with E-state index in [-0.39, 0.29) is 12.5 Å². The molecule has 2 bridgehead atoms. The van der Waals surface area contributed by atoms with Gasteiger partial charge in [0.1, 0.15) is 0 Å². The highest BCUT2D eigenvalue weighted by Crippen LogP contribution is 2.64. The molecule has 2 unspecified atom stereocenters. The van der Waals surface area contributed by atoms with Gasteiger partial charge in [0.2, 0.25) is 0 Å². The Morgan fingerprint density at radius 3 is 2.57 bits per heavy atom. The van der Waals surface area contributed by atoms with Crippen LogP contribution in [0.15, 0.2) is 24.3 Å². The fraction of sp³-hybridized carbons (Fsp3) is 0.800. The Balaban J connectivity index is 1.56. The second-order valence-electron chi connectivity index (χ2n) is 10.2. The van der Waals surface area contributed by atoms with Crippen molar-refractivity contribution < 1.29 is 15.0 Å². The van der Waals surface area contributed by atoms with Crippen molar-refractivity contribution in [1.29, 1.82) is 0 Å². The summed E-state index contributed by atoms with van der Waals surface area (Å²) in [5.41, 5.74) is 0.453. The van der Waals surface area contributed by atoms with Gasteiger partial charge in [-0.1, -0.05) is 57.4 Å². The monoisotopic (exact) mass is 388 g/mol. The molecule has 3 nitrogen and oxygen atoms in total. The van der Waals surface area contributed by atoms with Crippen LogP contribution in [0.2, 0.25) is 0 Å². The van der Waals surface area contributed by atoms with Gasteiger partial charge in [0.05, 0.1) is 6.10 Å². The maximum absolute atomic E-state index is 10.6. The van der Waals surface area contributed by atoms with Crippen molar-refractivity contribution in [1.82, 2.24) is 0 Å². The van der Waals surface area contributed by atoms with Crippen molar-refractivity contribution in [3.8, 4) is 0 Å². The molecule has 158 valence electrons. The van der Waals surface area contributed by atoms with Gasteiger partial charge >= 0.3 is 5.97 Å². The van der Waals surface area contributed by atoms with Crippen LogP contribution in [0.5, 0.6) is 0 Å². The second-order valence-corrected chi connectivity index (χ2v) is 10.2. The molecule has 4 fully saturated rings. The van der Waals surface area contributed by atoms with Crippen LogP contribution in [-0.2, 0) is 4.79 Å². The van der Waals surface area contributed by atoms with Gasteiger partial charge in [-0.3, -0.25) is 4.79 Å². The first kappa shape index (κ1) is 21.6. The SMILES string of the molecule is CC1(C)C2CC1[C@H](C/C=C\CCCC(=O)O)[C@@H](/C=C/[C@@H](O)C1CCCCC1)C2. The van der Waals surface area contributed by atoms with Crippen molar-refractivity contribution in [2.45, 2.75) is 90.6 Å². The van der Waals surface area contributed by atoms with Gasteiger partial charge in [0.25, 0.3) is 0 Å². The summed E-state index contributed by atoms with van der Waals surface area (Å²) in [7, 11) is 0. The van der Waals surface area contributed by atoms with Gasteiger partial charge < -0.3 is 10.2 Å². The van der Waals surface area contributed by atoms with E-state index in [9.17, 15) is 9.90 Å². The maximum atomic E-state index is 10.6. The largest absolute Gasteiger partial charge is 0.481 e. The van der Waals surface area contributed by atoms with Crippen LogP contribution in [0.25, 0.3) is 0 Å². The Hall–Kier alpha value is -1.09. The number of rotatable bonds is 9. The summed E-state index contributed by atoms with van der Waals surface area (Å²) < 4.78 is 0. The quantitative estimate of drug-likeness (QED) is 0.377. The van der Waals surface area contributed by atoms with Crippen molar-refractivity contribution >= 4 is 5.97 Å². The van der Waals surface area contributed by atoms with E-state index in [0.717, 1.165) is 31.1 Å². The Labute approximate surface area is 171 Å². The zero-order valence-corrected chi connectivity index (χ0v) is 17.9. The van der Waals surface area contributed by atoms with Crippen molar-refractivity contribution in [3.05, 3.63) is 24.3 Å². The summed E-state index contributed by atoms with van der Waals surface area (Å²) in [4.78, 5) is 10.6. The number of unbranched alkanes of at least 4 members (excludes halogenated alkanes) is 1. The fourth-order valence-corrected chi connectivity index (χ4v) is 6.18. The molecule has 0 aromatic carbocycles. The topological polar surface area (TPSA) is 57.5 Å². The van der Waals surface area contributed by atoms with Gasteiger partial charge in [-0.15, -0.1) is 0 Å². The molecule has 4 rings (SSSR count). The van der Waals surface area contributed by atoms with E-state index in [1.165, 1.54) is 44.9 Å². The highest BCUT2D eigenvalue weighted by Gasteiger charge is 2.56. The van der Waals surface area contributed by atoms with Gasteiger partial charge in [-0.2, -0.15) is 0 Å². The van der Waals surface area contributed by atoms with Gasteiger partial charge in [0, 0.05) is 6.42 Å². The third-order valence-electron chi connectivity index (χ3n) is 8.19. The highest BCUT2D eigenvalue weighted by molar-refractivity contribution is 5.66. The normalized spacial score (nSPS) is 33.8. The number of fused-ring (bicyclic) bond motifs is 2. The number of aliphatic carboxylic acids is 1. The smallest absolute Gasteiger partial charge is 0.303 e. The Bertz CT molecular complexity index is 570. The molecule has 0 heterocycles. The third-order valence-corrected chi connectivity index (χ3v) is 8.19. The molecular formula is C25H40O3. The summed E-state index contributed by atoms with van der Waals surface area (Å²) in [6, 6.07) is 0. The van der Waals surface area contributed by atoms with Crippen molar-refractivity contribution in [2.24, 2.45) is 35.0 Å². The van der Waals surface area contributed by atoms with Gasteiger partial charge in [-0.25, -0.2) is 0 Å². The van der Waals surface area contributed by atoms with E-state index in [1.54, 1.807) is 0 Å². The molecule has 0 saturated heterocycles. The molecule has 0 radical (unpaired) electrons. The third kappa shape index (κ3) is 5.09. The number of carbonyl (C=O) groups is 1.